The molecule has 0 unspecified atom stereocenters. The molecule has 49 heavy (non-hydrogen) atoms. The number of carbonyl (C=O) groups excluding carboxylic acids is 3. The number of carbonyl (C=O) groups is 3. The molecule has 4 rings (SSSR count). The Hall–Kier alpha value is -3.51. The van der Waals surface area contributed by atoms with E-state index >= 15 is 0 Å². The zero-order chi connectivity index (χ0) is 36.0. The van der Waals surface area contributed by atoms with E-state index in [1.807, 2.05) is 0 Å². The van der Waals surface area contributed by atoms with Crippen molar-refractivity contribution < 1.29 is 51.3 Å². The molecule has 266 valence electrons. The molecule has 1 amide bonds. The van der Waals surface area contributed by atoms with Crippen LogP contribution in [0.2, 0.25) is 10.0 Å². The lowest BCUT2D eigenvalue weighted by atomic mass is 9.90. The van der Waals surface area contributed by atoms with Crippen molar-refractivity contribution in [2.24, 2.45) is 5.14 Å². The molecule has 0 saturated carbocycles. The van der Waals surface area contributed by atoms with Crippen molar-refractivity contribution in [1.82, 2.24) is 4.90 Å². The maximum atomic E-state index is 13.1. The largest absolute Gasteiger partial charge is 0.467 e. The number of hydrogen-bond acceptors (Lipinski definition) is 13. The molecule has 1 saturated heterocycles. The highest BCUT2D eigenvalue weighted by Gasteiger charge is 2.53. The number of nitrogens with two attached hydrogens (primary N) is 1. The highest BCUT2D eigenvalue weighted by molar-refractivity contribution is 7.99. The van der Waals surface area contributed by atoms with Gasteiger partial charge in [0, 0.05) is 16.3 Å². The van der Waals surface area contributed by atoms with Gasteiger partial charge in [0.15, 0.2) is 0 Å². The fraction of sp³-hybridized carbons (Fsp3) is 0.387. The molecule has 0 bridgehead atoms. The van der Waals surface area contributed by atoms with E-state index in [9.17, 15) is 27.9 Å². The first-order chi connectivity index (χ1) is 23.0. The van der Waals surface area contributed by atoms with Crippen molar-refractivity contribution in [3.63, 3.8) is 0 Å². The topological polar surface area (TPSA) is 197 Å². The SMILES string of the molecule is C[C@@H]1N(C(=O)OCOC(=O)CSCCOC(=O)c2cc(S(N)(=O)=O)c(Cl)cc2NCc2ccco2)C(C)(C)CO[C@@]1(O)c1cccc(Cl)c1. The fourth-order valence-electron chi connectivity index (χ4n) is 4.98. The number of nitrogens with one attached hydrogen (secondary N) is 1. The van der Waals surface area contributed by atoms with Crippen LogP contribution < -0.4 is 10.5 Å². The molecule has 2 aromatic carbocycles. The van der Waals surface area contributed by atoms with E-state index in [-0.39, 0.29) is 47.5 Å². The Balaban J connectivity index is 1.25. The quantitative estimate of drug-likeness (QED) is 0.123. The first-order valence-electron chi connectivity index (χ1n) is 14.6. The lowest BCUT2D eigenvalue weighted by Crippen LogP contribution is -2.66. The van der Waals surface area contributed by atoms with Gasteiger partial charge >= 0.3 is 18.0 Å². The highest BCUT2D eigenvalue weighted by atomic mass is 35.5. The molecule has 0 spiro atoms. The summed E-state index contributed by atoms with van der Waals surface area (Å²) >= 11 is 13.3. The van der Waals surface area contributed by atoms with Gasteiger partial charge in [0.05, 0.1) is 53.0 Å². The van der Waals surface area contributed by atoms with E-state index in [2.05, 4.69) is 5.32 Å². The van der Waals surface area contributed by atoms with Crippen LogP contribution >= 0.6 is 35.0 Å². The Labute approximate surface area is 297 Å². The number of ether oxygens (including phenoxy) is 4. The summed E-state index contributed by atoms with van der Waals surface area (Å²) in [7, 11) is -4.25. The number of aliphatic hydroxyl groups is 1. The minimum absolute atomic E-state index is 0.0233. The number of morpholine rings is 1. The number of furan rings is 1. The first kappa shape index (κ1) is 38.3. The molecule has 1 aromatic heterocycles. The monoisotopic (exact) mass is 759 g/mol. The zero-order valence-corrected chi connectivity index (χ0v) is 29.8. The van der Waals surface area contributed by atoms with Crippen LogP contribution in [0.1, 0.15) is 42.5 Å². The number of esters is 2. The van der Waals surface area contributed by atoms with E-state index in [4.69, 9.17) is 51.7 Å². The molecular weight excluding hydrogens is 725 g/mol. The number of halogens is 2. The number of benzene rings is 2. The lowest BCUT2D eigenvalue weighted by molar-refractivity contribution is -0.295. The van der Waals surface area contributed by atoms with Crippen LogP contribution in [0.25, 0.3) is 0 Å². The fourth-order valence-corrected chi connectivity index (χ4v) is 6.87. The number of rotatable bonds is 13. The molecule has 14 nitrogen and oxygen atoms in total. The van der Waals surface area contributed by atoms with E-state index in [0.717, 1.165) is 17.8 Å². The van der Waals surface area contributed by atoms with Crippen molar-refractivity contribution in [2.45, 2.75) is 49.6 Å². The van der Waals surface area contributed by atoms with Crippen LogP contribution in [0.5, 0.6) is 0 Å². The number of amides is 1. The third kappa shape index (κ3) is 9.60. The Kier molecular flexibility index (Phi) is 12.5. The summed E-state index contributed by atoms with van der Waals surface area (Å²) in [5.41, 5.74) is -0.455. The van der Waals surface area contributed by atoms with Gasteiger partial charge in [-0.15, -0.1) is 11.8 Å². The molecule has 2 heterocycles. The predicted molar refractivity (Wildman–Crippen MR) is 181 cm³/mol. The molecule has 1 fully saturated rings. The molecule has 4 N–H and O–H groups in total. The smallest absolute Gasteiger partial charge is 0.413 e. The lowest BCUT2D eigenvalue weighted by Gasteiger charge is -2.52. The first-order valence-corrected chi connectivity index (χ1v) is 18.1. The van der Waals surface area contributed by atoms with E-state index in [1.165, 1.54) is 17.2 Å². The predicted octanol–water partition coefficient (Wildman–Crippen LogP) is 4.72. The van der Waals surface area contributed by atoms with Gasteiger partial charge in [0.25, 0.3) is 0 Å². The van der Waals surface area contributed by atoms with Gasteiger partial charge < -0.3 is 33.8 Å². The number of anilines is 1. The van der Waals surface area contributed by atoms with Crippen LogP contribution in [0.3, 0.4) is 0 Å². The number of thioether (sulfide) groups is 1. The molecule has 0 aliphatic carbocycles. The van der Waals surface area contributed by atoms with E-state index in [0.29, 0.717) is 16.3 Å². The van der Waals surface area contributed by atoms with Crippen molar-refractivity contribution >= 4 is 68.7 Å². The van der Waals surface area contributed by atoms with Gasteiger partial charge in [-0.05, 0) is 57.2 Å². The van der Waals surface area contributed by atoms with Gasteiger partial charge in [-0.2, -0.15) is 0 Å². The zero-order valence-electron chi connectivity index (χ0n) is 26.6. The molecule has 1 aliphatic rings. The number of nitrogens with zero attached hydrogens (tertiary/aromatic N) is 1. The van der Waals surface area contributed by atoms with Crippen LogP contribution in [-0.4, -0.2) is 79.5 Å². The van der Waals surface area contributed by atoms with Crippen molar-refractivity contribution in [3.8, 4) is 0 Å². The summed E-state index contributed by atoms with van der Waals surface area (Å²) in [5, 5.41) is 19.8. The van der Waals surface area contributed by atoms with Gasteiger partial charge in [-0.1, -0.05) is 35.3 Å². The highest BCUT2D eigenvalue weighted by Crippen LogP contribution is 2.40. The Morgan fingerprint density at radius 3 is 2.55 bits per heavy atom. The molecular formula is C31H35Cl2N3O11S2. The Bertz CT molecular complexity index is 1770. The summed E-state index contributed by atoms with van der Waals surface area (Å²) in [5.74, 6) is -2.87. The van der Waals surface area contributed by atoms with Crippen molar-refractivity contribution in [1.29, 1.82) is 0 Å². The van der Waals surface area contributed by atoms with Crippen molar-refractivity contribution in [3.05, 3.63) is 81.7 Å². The van der Waals surface area contributed by atoms with Crippen LogP contribution in [0.15, 0.2) is 64.1 Å². The molecule has 3 aromatic rings. The molecule has 0 radical (unpaired) electrons. The van der Waals surface area contributed by atoms with Crippen LogP contribution in [0.4, 0.5) is 10.5 Å². The summed E-state index contributed by atoms with van der Waals surface area (Å²) in [4.78, 5) is 39.2. The second-order valence-corrected chi connectivity index (χ2v) is 14.9. The third-order valence-corrected chi connectivity index (χ3v) is 9.91. The summed E-state index contributed by atoms with van der Waals surface area (Å²) in [6.07, 6.45) is 0.638. The summed E-state index contributed by atoms with van der Waals surface area (Å²) < 4.78 is 50.6. The molecule has 2 atom stereocenters. The second-order valence-electron chi connectivity index (χ2n) is 11.4. The van der Waals surface area contributed by atoms with E-state index in [1.54, 1.807) is 57.2 Å². The Morgan fingerprint density at radius 1 is 1.12 bits per heavy atom. The van der Waals surface area contributed by atoms with Gasteiger partial charge in [-0.3, -0.25) is 9.69 Å². The normalized spacial score (nSPS) is 18.8. The van der Waals surface area contributed by atoms with Gasteiger partial charge in [0.2, 0.25) is 22.6 Å². The third-order valence-electron chi connectivity index (χ3n) is 7.40. The molecule has 1 aliphatic heterocycles. The maximum Gasteiger partial charge on any atom is 0.413 e. The number of hydrogen-bond donors (Lipinski definition) is 3. The van der Waals surface area contributed by atoms with E-state index < -0.39 is 57.1 Å². The number of primary sulfonamides is 1. The van der Waals surface area contributed by atoms with Gasteiger partial charge in [-0.25, -0.2) is 23.1 Å². The molecule has 18 heteroatoms. The average Bonchev–Trinajstić information content (AvgIpc) is 3.55. The second kappa shape index (κ2) is 16.0. The standard InChI is InChI=1S/C31H35Cl2N3O11S2/c1-19-31(40,20-6-4-7-21(32)12-20)47-17-30(2,3)36(19)29(39)46-18-45-27(37)16-48-11-10-44-28(38)23-13-26(49(34,41)42)24(33)14-25(23)35-15-22-8-5-9-43-22/h4-9,12-14,19,35,40H,10-11,15-18H2,1-3H3,(H2,34,41,42)/t19-,31+/m0/s1. The van der Waals surface area contributed by atoms with Crippen molar-refractivity contribution in [2.75, 3.05) is 36.8 Å². The van der Waals surface area contributed by atoms with Gasteiger partial charge in [0.1, 0.15) is 17.3 Å². The number of sulfonamides is 1. The van der Waals surface area contributed by atoms with Crippen LogP contribution in [0, 0.1) is 0 Å². The maximum absolute atomic E-state index is 13.1. The minimum Gasteiger partial charge on any atom is -0.467 e. The minimum atomic E-state index is -4.25. The summed E-state index contributed by atoms with van der Waals surface area (Å²) in [6, 6.07) is 11.2. The summed E-state index contributed by atoms with van der Waals surface area (Å²) in [6.45, 7) is 4.40. The van der Waals surface area contributed by atoms with Crippen LogP contribution in [-0.2, 0) is 46.1 Å². The average molecular weight is 761 g/mol. The Morgan fingerprint density at radius 2 is 1.88 bits per heavy atom.